The molecule has 0 saturated heterocycles. The van der Waals surface area contributed by atoms with E-state index in [4.69, 9.17) is 0 Å². The van der Waals surface area contributed by atoms with Crippen molar-refractivity contribution in [1.82, 2.24) is 0 Å². The van der Waals surface area contributed by atoms with Crippen molar-refractivity contribution in [1.29, 1.82) is 0 Å². The van der Waals surface area contributed by atoms with Crippen molar-refractivity contribution in [2.24, 2.45) is 0 Å². The zero-order valence-electron chi connectivity index (χ0n) is 30.7. The predicted octanol–water partition coefficient (Wildman–Crippen LogP) is 13.9. The normalized spacial score (nSPS) is 16.3. The summed E-state index contributed by atoms with van der Waals surface area (Å²) in [6.07, 6.45) is 6.66. The highest BCUT2D eigenvalue weighted by Gasteiger charge is 2.46. The average molecular weight is 684 g/mol. The third kappa shape index (κ3) is 4.90. The molecular formula is C52H45N. The summed E-state index contributed by atoms with van der Waals surface area (Å²) in [7, 11) is 0. The fraction of sp³-hybridized carbons (Fsp3) is 0.192. The van der Waals surface area contributed by atoms with Crippen LogP contribution in [0.5, 0.6) is 0 Å². The van der Waals surface area contributed by atoms with Gasteiger partial charge in [0, 0.05) is 22.5 Å². The first-order valence-corrected chi connectivity index (χ1v) is 19.5. The molecule has 0 aromatic heterocycles. The minimum absolute atomic E-state index is 0.0895. The topological polar surface area (TPSA) is 3.24 Å². The van der Waals surface area contributed by atoms with E-state index >= 15 is 0 Å². The summed E-state index contributed by atoms with van der Waals surface area (Å²) in [4.78, 5) is 2.51. The zero-order valence-corrected chi connectivity index (χ0v) is 30.7. The van der Waals surface area contributed by atoms with Crippen molar-refractivity contribution in [2.45, 2.75) is 62.7 Å². The van der Waals surface area contributed by atoms with E-state index in [9.17, 15) is 0 Å². The van der Waals surface area contributed by atoms with Crippen molar-refractivity contribution in [3.8, 4) is 22.3 Å². The van der Waals surface area contributed by atoms with Crippen LogP contribution in [0, 0.1) is 0 Å². The Labute approximate surface area is 314 Å². The largest absolute Gasteiger partial charge is 0.310 e. The van der Waals surface area contributed by atoms with E-state index in [0.717, 1.165) is 0 Å². The Morgan fingerprint density at radius 2 is 0.887 bits per heavy atom. The third-order valence-corrected chi connectivity index (χ3v) is 12.8. The molecule has 258 valence electrons. The summed E-state index contributed by atoms with van der Waals surface area (Å²) in [5.74, 6) is 0.668. The second-order valence-electron chi connectivity index (χ2n) is 15.9. The minimum Gasteiger partial charge on any atom is -0.310 e. The van der Waals surface area contributed by atoms with Crippen molar-refractivity contribution in [2.75, 3.05) is 4.90 Å². The van der Waals surface area contributed by atoms with Crippen molar-refractivity contribution in [3.63, 3.8) is 0 Å². The number of benzene rings is 7. The fourth-order valence-electron chi connectivity index (χ4n) is 10.2. The molecule has 1 fully saturated rings. The fourth-order valence-corrected chi connectivity index (χ4v) is 10.2. The van der Waals surface area contributed by atoms with Crippen LogP contribution in [-0.2, 0) is 10.8 Å². The molecule has 1 heteroatoms. The van der Waals surface area contributed by atoms with Gasteiger partial charge in [-0.1, -0.05) is 167 Å². The van der Waals surface area contributed by atoms with Gasteiger partial charge in [-0.05, 0) is 116 Å². The second-order valence-corrected chi connectivity index (χ2v) is 15.9. The quantitative estimate of drug-likeness (QED) is 0.169. The monoisotopic (exact) mass is 683 g/mol. The molecule has 0 unspecified atom stereocenters. The average Bonchev–Trinajstić information content (AvgIpc) is 3.65. The Balaban J connectivity index is 1.20. The Kier molecular flexibility index (Phi) is 7.55. The van der Waals surface area contributed by atoms with Gasteiger partial charge in [-0.15, -0.1) is 0 Å². The lowest BCUT2D eigenvalue weighted by Crippen LogP contribution is -2.28. The van der Waals surface area contributed by atoms with Crippen LogP contribution < -0.4 is 4.90 Å². The van der Waals surface area contributed by atoms with Gasteiger partial charge in [-0.25, -0.2) is 0 Å². The molecule has 3 aliphatic rings. The molecule has 0 heterocycles. The molecule has 7 aromatic carbocycles. The van der Waals surface area contributed by atoms with Crippen LogP contribution in [0.3, 0.4) is 0 Å². The van der Waals surface area contributed by atoms with Gasteiger partial charge >= 0.3 is 0 Å². The smallest absolute Gasteiger partial charge is 0.0714 e. The van der Waals surface area contributed by atoms with Crippen LogP contribution in [0.4, 0.5) is 17.1 Å². The van der Waals surface area contributed by atoms with Crippen LogP contribution in [0.2, 0.25) is 0 Å². The standard InChI is InChI=1S/C52H45N/c1-51(2)47-24-14-12-22-43(47)45-32-30-41(34-49(45)51)53(40-28-26-37(27-29-40)36-16-6-3-7-17-36)42-31-33-46-44-23-13-15-25-48(44)52(50(46)35-42,38-18-8-4-9-19-38)39-20-10-5-11-21-39/h4-5,8-15,18-36H,3,6-7,16-17H2,1-2H3. The molecule has 0 bridgehead atoms. The molecule has 0 atom stereocenters. The Hall–Kier alpha value is -5.66. The molecule has 1 nitrogen and oxygen atoms in total. The highest BCUT2D eigenvalue weighted by Crippen LogP contribution is 2.58. The highest BCUT2D eigenvalue weighted by molar-refractivity contribution is 5.90. The van der Waals surface area contributed by atoms with E-state index in [-0.39, 0.29) is 5.41 Å². The molecule has 53 heavy (non-hydrogen) atoms. The molecule has 0 N–H and O–H groups in total. The van der Waals surface area contributed by atoms with Crippen LogP contribution in [-0.4, -0.2) is 0 Å². The molecule has 0 aliphatic heterocycles. The molecule has 1 saturated carbocycles. The number of hydrogen-bond donors (Lipinski definition) is 0. The Morgan fingerprint density at radius 1 is 0.415 bits per heavy atom. The lowest BCUT2D eigenvalue weighted by atomic mass is 9.67. The van der Waals surface area contributed by atoms with Crippen molar-refractivity contribution < 1.29 is 0 Å². The minimum atomic E-state index is -0.456. The molecular weight excluding hydrogens is 639 g/mol. The van der Waals surface area contributed by atoms with Gasteiger partial charge in [0.2, 0.25) is 0 Å². The van der Waals surface area contributed by atoms with E-state index in [2.05, 4.69) is 189 Å². The molecule has 7 aromatic rings. The van der Waals surface area contributed by atoms with Gasteiger partial charge in [-0.3, -0.25) is 0 Å². The van der Waals surface area contributed by atoms with Gasteiger partial charge in [0.1, 0.15) is 0 Å². The predicted molar refractivity (Wildman–Crippen MR) is 222 cm³/mol. The molecule has 0 amide bonds. The maximum Gasteiger partial charge on any atom is 0.0714 e. The number of fused-ring (bicyclic) bond motifs is 6. The maximum absolute atomic E-state index is 2.51. The van der Waals surface area contributed by atoms with Crippen molar-refractivity contribution in [3.05, 3.63) is 209 Å². The van der Waals surface area contributed by atoms with Gasteiger partial charge in [0.25, 0.3) is 0 Å². The molecule has 10 rings (SSSR count). The molecule has 0 spiro atoms. The summed E-state index contributed by atoms with van der Waals surface area (Å²) >= 11 is 0. The van der Waals surface area contributed by atoms with Gasteiger partial charge in [0.05, 0.1) is 5.41 Å². The first-order chi connectivity index (χ1) is 26.0. The van der Waals surface area contributed by atoms with E-state index in [0.29, 0.717) is 5.92 Å². The van der Waals surface area contributed by atoms with Gasteiger partial charge < -0.3 is 4.90 Å². The van der Waals surface area contributed by atoms with E-state index in [1.165, 1.54) is 110 Å². The van der Waals surface area contributed by atoms with Crippen molar-refractivity contribution >= 4 is 17.1 Å². The molecule has 3 aliphatic carbocycles. The first-order valence-electron chi connectivity index (χ1n) is 19.5. The summed E-state index contributed by atoms with van der Waals surface area (Å²) in [6, 6.07) is 64.2. The summed E-state index contributed by atoms with van der Waals surface area (Å²) in [5.41, 5.74) is 17.8. The Bertz CT molecular complexity index is 2410. The second kappa shape index (κ2) is 12.5. The van der Waals surface area contributed by atoms with Gasteiger partial charge in [0.15, 0.2) is 0 Å². The molecule has 0 radical (unpaired) electrons. The number of hydrogen-bond acceptors (Lipinski definition) is 1. The van der Waals surface area contributed by atoms with E-state index < -0.39 is 5.41 Å². The number of nitrogens with zero attached hydrogens (tertiary/aromatic N) is 1. The van der Waals surface area contributed by atoms with Crippen LogP contribution >= 0.6 is 0 Å². The zero-order chi connectivity index (χ0) is 35.6. The maximum atomic E-state index is 2.51. The third-order valence-electron chi connectivity index (χ3n) is 12.8. The van der Waals surface area contributed by atoms with Crippen LogP contribution in [0.25, 0.3) is 22.3 Å². The summed E-state index contributed by atoms with van der Waals surface area (Å²) in [5, 5.41) is 0. The van der Waals surface area contributed by atoms with Crippen LogP contribution in [0.15, 0.2) is 170 Å². The lowest BCUT2D eigenvalue weighted by molar-refractivity contribution is 0.443. The highest BCUT2D eigenvalue weighted by atomic mass is 15.1. The SMILES string of the molecule is CC1(C)c2ccccc2-c2ccc(N(c3ccc(C4CCCCC4)cc3)c3ccc4c(c3)C(c3ccccc3)(c3ccccc3)c3ccccc3-4)cc21. The number of anilines is 3. The number of rotatable bonds is 6. The summed E-state index contributed by atoms with van der Waals surface area (Å²) < 4.78 is 0. The van der Waals surface area contributed by atoms with Crippen LogP contribution in [0.1, 0.15) is 90.8 Å². The lowest BCUT2D eigenvalue weighted by Gasteiger charge is -2.35. The van der Waals surface area contributed by atoms with E-state index in [1.807, 2.05) is 0 Å². The van der Waals surface area contributed by atoms with E-state index in [1.54, 1.807) is 0 Å². The summed E-state index contributed by atoms with van der Waals surface area (Å²) in [6.45, 7) is 4.76. The first kappa shape index (κ1) is 32.0. The Morgan fingerprint density at radius 3 is 1.51 bits per heavy atom. The van der Waals surface area contributed by atoms with Gasteiger partial charge in [-0.2, -0.15) is 0 Å².